The van der Waals surface area contributed by atoms with Crippen LogP contribution in [0.1, 0.15) is 49.3 Å². The highest BCUT2D eigenvalue weighted by molar-refractivity contribution is 5.93. The van der Waals surface area contributed by atoms with Gasteiger partial charge in [0.2, 0.25) is 5.91 Å². The monoisotopic (exact) mass is 541 g/mol. The third kappa shape index (κ3) is 5.58. The van der Waals surface area contributed by atoms with E-state index >= 15 is 0 Å². The zero-order chi connectivity index (χ0) is 28.3. The largest absolute Gasteiger partial charge is 0.480 e. The molecular weight excluding hydrogens is 506 g/mol. The van der Waals surface area contributed by atoms with Gasteiger partial charge < -0.3 is 20.5 Å². The molecule has 1 saturated heterocycles. The highest BCUT2D eigenvalue weighted by Gasteiger charge is 2.45. The van der Waals surface area contributed by atoms with Gasteiger partial charge in [0, 0.05) is 25.6 Å². The number of nitrogens with one attached hydrogen (secondary N) is 2. The number of alkyl carbamates (subject to hydrolysis) is 1. The maximum atomic E-state index is 13.3. The number of carboxylic acids is 1. The van der Waals surface area contributed by atoms with Crippen LogP contribution in [0.25, 0.3) is 11.1 Å². The predicted molar refractivity (Wildman–Crippen MR) is 152 cm³/mol. The molecule has 0 atom stereocenters. The molecule has 8 heteroatoms. The standard InChI is InChI=1S/C32H35N3O5/c1-31(2,28(36)33-32(29(37)38)16-18-35(19-17-32)20-22-10-4-3-5-11-22)34-30(39)40-21-27-25-14-8-6-12-23(25)24-13-7-9-15-26(24)27/h3-15,27H,16-21H2,1-2H3,(H,33,36)(H,34,39)(H,37,38). The lowest BCUT2D eigenvalue weighted by molar-refractivity contribution is -0.151. The molecule has 3 aromatic carbocycles. The Morgan fingerprint density at radius 2 is 1.45 bits per heavy atom. The summed E-state index contributed by atoms with van der Waals surface area (Å²) in [6.45, 7) is 4.99. The molecule has 0 spiro atoms. The molecule has 0 aromatic heterocycles. The van der Waals surface area contributed by atoms with Crippen molar-refractivity contribution in [3.8, 4) is 11.1 Å². The van der Waals surface area contributed by atoms with Crippen molar-refractivity contribution in [3.63, 3.8) is 0 Å². The number of nitrogens with zero attached hydrogens (tertiary/aromatic N) is 1. The van der Waals surface area contributed by atoms with Gasteiger partial charge in [-0.3, -0.25) is 9.69 Å². The molecule has 0 radical (unpaired) electrons. The van der Waals surface area contributed by atoms with Gasteiger partial charge in [0.25, 0.3) is 0 Å². The van der Waals surface area contributed by atoms with E-state index in [2.05, 4.69) is 27.7 Å². The number of likely N-dealkylation sites (tertiary alicyclic amines) is 1. The molecule has 3 N–H and O–H groups in total. The van der Waals surface area contributed by atoms with Crippen LogP contribution in [0.15, 0.2) is 78.9 Å². The summed E-state index contributed by atoms with van der Waals surface area (Å²) in [6, 6.07) is 26.1. The van der Waals surface area contributed by atoms with Gasteiger partial charge in [0.1, 0.15) is 17.7 Å². The first kappa shape index (κ1) is 27.4. The highest BCUT2D eigenvalue weighted by atomic mass is 16.5. The van der Waals surface area contributed by atoms with Crippen molar-refractivity contribution in [2.45, 2.75) is 50.2 Å². The minimum atomic E-state index is -1.40. The minimum absolute atomic E-state index is 0.105. The van der Waals surface area contributed by atoms with Crippen molar-refractivity contribution in [1.82, 2.24) is 15.5 Å². The van der Waals surface area contributed by atoms with E-state index in [9.17, 15) is 19.5 Å². The number of hydrogen-bond donors (Lipinski definition) is 3. The summed E-state index contributed by atoms with van der Waals surface area (Å²) in [5, 5.41) is 15.5. The molecular formula is C32H35N3O5. The molecule has 0 bridgehead atoms. The van der Waals surface area contributed by atoms with Crippen LogP contribution in [0.2, 0.25) is 0 Å². The second-order valence-electron chi connectivity index (χ2n) is 11.2. The van der Waals surface area contributed by atoms with Gasteiger partial charge in [-0.15, -0.1) is 0 Å². The number of aliphatic carboxylic acids is 1. The van der Waals surface area contributed by atoms with E-state index in [0.717, 1.165) is 34.4 Å². The highest BCUT2D eigenvalue weighted by Crippen LogP contribution is 2.44. The average Bonchev–Trinajstić information content (AvgIpc) is 3.27. The molecule has 208 valence electrons. The Balaban J connectivity index is 1.18. The lowest BCUT2D eigenvalue weighted by atomic mass is 9.86. The Morgan fingerprint density at radius 1 is 0.900 bits per heavy atom. The summed E-state index contributed by atoms with van der Waals surface area (Å²) in [4.78, 5) is 40.6. The Hall–Kier alpha value is -4.17. The molecule has 2 amide bonds. The summed E-state index contributed by atoms with van der Waals surface area (Å²) in [5.74, 6) is -1.75. The molecule has 0 unspecified atom stereocenters. The number of carboxylic acid groups (broad SMARTS) is 1. The van der Waals surface area contributed by atoms with Crippen molar-refractivity contribution in [1.29, 1.82) is 0 Å². The van der Waals surface area contributed by atoms with Gasteiger partial charge in [-0.2, -0.15) is 0 Å². The lowest BCUT2D eigenvalue weighted by Gasteiger charge is -2.41. The van der Waals surface area contributed by atoms with Gasteiger partial charge in [-0.05, 0) is 54.5 Å². The number of carbonyl (C=O) groups is 3. The van der Waals surface area contributed by atoms with Crippen molar-refractivity contribution in [3.05, 3.63) is 95.6 Å². The van der Waals surface area contributed by atoms with Crippen molar-refractivity contribution < 1.29 is 24.2 Å². The second-order valence-corrected chi connectivity index (χ2v) is 11.2. The Morgan fingerprint density at radius 3 is 2.02 bits per heavy atom. The van der Waals surface area contributed by atoms with Crippen LogP contribution in [0.5, 0.6) is 0 Å². The fraction of sp³-hybridized carbons (Fsp3) is 0.344. The van der Waals surface area contributed by atoms with E-state index < -0.39 is 29.0 Å². The minimum Gasteiger partial charge on any atom is -0.480 e. The Kier molecular flexibility index (Phi) is 7.63. The summed E-state index contributed by atoms with van der Waals surface area (Å²) in [7, 11) is 0. The smallest absolute Gasteiger partial charge is 0.408 e. The van der Waals surface area contributed by atoms with Crippen LogP contribution in [-0.4, -0.2) is 58.8 Å². The number of rotatable bonds is 8. The third-order valence-corrected chi connectivity index (χ3v) is 8.05. The lowest BCUT2D eigenvalue weighted by Crippen LogP contribution is -2.65. The first-order valence-electron chi connectivity index (χ1n) is 13.6. The molecule has 3 aromatic rings. The number of hydrogen-bond acceptors (Lipinski definition) is 5. The van der Waals surface area contributed by atoms with Crippen LogP contribution >= 0.6 is 0 Å². The van der Waals surface area contributed by atoms with Crippen LogP contribution in [0.3, 0.4) is 0 Å². The number of carbonyl (C=O) groups excluding carboxylic acids is 2. The quantitative estimate of drug-likeness (QED) is 0.387. The molecule has 1 aliphatic heterocycles. The third-order valence-electron chi connectivity index (χ3n) is 8.05. The van der Waals surface area contributed by atoms with Gasteiger partial charge in [0.05, 0.1) is 0 Å². The van der Waals surface area contributed by atoms with E-state index in [0.29, 0.717) is 13.1 Å². The van der Waals surface area contributed by atoms with E-state index in [-0.39, 0.29) is 25.4 Å². The average molecular weight is 542 g/mol. The summed E-state index contributed by atoms with van der Waals surface area (Å²) < 4.78 is 5.61. The van der Waals surface area contributed by atoms with Gasteiger partial charge in [0.15, 0.2) is 0 Å². The number of piperidine rings is 1. The summed E-state index contributed by atoms with van der Waals surface area (Å²) in [5.41, 5.74) is 2.81. The Bertz CT molecular complexity index is 1350. The maximum Gasteiger partial charge on any atom is 0.408 e. The van der Waals surface area contributed by atoms with Gasteiger partial charge in [-0.25, -0.2) is 9.59 Å². The SMILES string of the molecule is CC(C)(NC(=O)OCC1c2ccccc2-c2ccccc21)C(=O)NC1(C(=O)O)CCN(Cc2ccccc2)CC1. The fourth-order valence-electron chi connectivity index (χ4n) is 5.65. The molecule has 1 heterocycles. The normalized spacial score (nSPS) is 16.4. The second kappa shape index (κ2) is 11.1. The number of ether oxygens (including phenoxy) is 1. The fourth-order valence-corrected chi connectivity index (χ4v) is 5.65. The van der Waals surface area contributed by atoms with E-state index in [1.165, 1.54) is 0 Å². The van der Waals surface area contributed by atoms with Gasteiger partial charge >= 0.3 is 12.1 Å². The molecule has 40 heavy (non-hydrogen) atoms. The van der Waals surface area contributed by atoms with Crippen LogP contribution in [0, 0.1) is 0 Å². The van der Waals surface area contributed by atoms with Crippen LogP contribution < -0.4 is 10.6 Å². The number of benzene rings is 3. The van der Waals surface area contributed by atoms with Gasteiger partial charge in [-0.1, -0.05) is 78.9 Å². The topological polar surface area (TPSA) is 108 Å². The summed E-state index contributed by atoms with van der Waals surface area (Å²) in [6.07, 6.45) is -0.201. The zero-order valence-electron chi connectivity index (χ0n) is 22.9. The molecule has 1 fully saturated rings. The van der Waals surface area contributed by atoms with Crippen molar-refractivity contribution in [2.75, 3.05) is 19.7 Å². The molecule has 2 aliphatic rings. The molecule has 5 rings (SSSR count). The van der Waals surface area contributed by atoms with E-state index in [1.807, 2.05) is 66.7 Å². The van der Waals surface area contributed by atoms with Crippen LogP contribution in [-0.2, 0) is 20.9 Å². The molecule has 0 saturated carbocycles. The predicted octanol–water partition coefficient (Wildman–Crippen LogP) is 4.54. The number of amides is 2. The van der Waals surface area contributed by atoms with Crippen LogP contribution in [0.4, 0.5) is 4.79 Å². The first-order chi connectivity index (χ1) is 19.2. The van der Waals surface area contributed by atoms with E-state index in [1.54, 1.807) is 13.8 Å². The van der Waals surface area contributed by atoms with Crippen molar-refractivity contribution in [2.24, 2.45) is 0 Å². The molecule has 8 nitrogen and oxygen atoms in total. The Labute approximate surface area is 234 Å². The summed E-state index contributed by atoms with van der Waals surface area (Å²) >= 11 is 0. The van der Waals surface area contributed by atoms with E-state index in [4.69, 9.17) is 4.74 Å². The maximum absolute atomic E-state index is 13.3. The first-order valence-corrected chi connectivity index (χ1v) is 13.6. The molecule has 1 aliphatic carbocycles. The van der Waals surface area contributed by atoms with Crippen molar-refractivity contribution >= 4 is 18.0 Å². The zero-order valence-corrected chi connectivity index (χ0v) is 22.9. The number of fused-ring (bicyclic) bond motifs is 3.